The number of nitrogens with zero attached hydrogens (tertiary/aromatic N) is 4. The molecule has 0 N–H and O–H groups in total. The number of benzene rings is 1. The molecule has 158 valence electrons. The molecule has 29 heavy (non-hydrogen) atoms. The quantitative estimate of drug-likeness (QED) is 0.625. The third-order valence-electron chi connectivity index (χ3n) is 5.05. The average molecular weight is 477 g/mol. The first kappa shape index (κ1) is 21.8. The van der Waals surface area contributed by atoms with Gasteiger partial charge in [0, 0.05) is 32.7 Å². The van der Waals surface area contributed by atoms with Gasteiger partial charge in [-0.3, -0.25) is 14.4 Å². The van der Waals surface area contributed by atoms with Gasteiger partial charge in [-0.05, 0) is 47.5 Å². The number of carbonyl (C=O) groups excluding carboxylic acids is 1. The maximum Gasteiger partial charge on any atom is 0.436 e. The van der Waals surface area contributed by atoms with Gasteiger partial charge in [0.15, 0.2) is 5.69 Å². The number of hydrogen-bond donors (Lipinski definition) is 0. The number of alkyl halides is 3. The lowest BCUT2D eigenvalue weighted by molar-refractivity contribution is -0.143. The molecule has 3 rings (SSSR count). The number of amides is 1. The van der Waals surface area contributed by atoms with Crippen molar-refractivity contribution in [2.24, 2.45) is 0 Å². The van der Waals surface area contributed by atoms with Crippen LogP contribution in [0, 0.1) is 12.7 Å². The summed E-state index contributed by atoms with van der Waals surface area (Å²) in [4.78, 5) is 16.6. The molecule has 1 saturated heterocycles. The SMILES string of the molecule is Cc1c(Br)c(C(F)(F)F)nn1C(C)C(=O)N1CCN(Cc2cccc(F)c2)CC1. The summed E-state index contributed by atoms with van der Waals surface area (Å²) in [5.41, 5.74) is 0.0762. The van der Waals surface area contributed by atoms with Crippen molar-refractivity contribution < 1.29 is 22.4 Å². The number of piperazine rings is 1. The Labute approximate surface area is 174 Å². The normalized spacial score (nSPS) is 16.9. The van der Waals surface area contributed by atoms with Crippen molar-refractivity contribution in [2.75, 3.05) is 26.2 Å². The number of rotatable bonds is 4. The zero-order chi connectivity index (χ0) is 21.3. The Morgan fingerprint density at radius 2 is 1.90 bits per heavy atom. The van der Waals surface area contributed by atoms with E-state index in [2.05, 4.69) is 25.9 Å². The summed E-state index contributed by atoms with van der Waals surface area (Å²) in [5, 5.41) is 3.63. The number of carbonyl (C=O) groups is 1. The Morgan fingerprint density at radius 3 is 2.45 bits per heavy atom. The standard InChI is InChI=1S/C19H21BrF4N4O/c1-12-16(20)17(19(22,23)24)25-28(12)13(2)18(29)27-8-6-26(7-9-27)11-14-4-3-5-15(21)10-14/h3-5,10,13H,6-9,11H2,1-2H3. The maximum absolute atomic E-state index is 13.3. The van der Waals surface area contributed by atoms with E-state index in [1.54, 1.807) is 17.9 Å². The molecule has 1 unspecified atom stereocenters. The first-order valence-corrected chi connectivity index (χ1v) is 9.94. The summed E-state index contributed by atoms with van der Waals surface area (Å²) in [6.07, 6.45) is -4.60. The summed E-state index contributed by atoms with van der Waals surface area (Å²) in [6.45, 7) is 5.73. The number of hydrogen-bond acceptors (Lipinski definition) is 3. The molecule has 1 atom stereocenters. The molecular weight excluding hydrogens is 456 g/mol. The van der Waals surface area contributed by atoms with E-state index in [-0.39, 0.29) is 21.9 Å². The lowest BCUT2D eigenvalue weighted by Gasteiger charge is -2.36. The molecule has 5 nitrogen and oxygen atoms in total. The van der Waals surface area contributed by atoms with Crippen molar-refractivity contribution >= 4 is 21.8 Å². The van der Waals surface area contributed by atoms with Crippen molar-refractivity contribution in [2.45, 2.75) is 32.6 Å². The van der Waals surface area contributed by atoms with Crippen molar-refractivity contribution in [3.8, 4) is 0 Å². The van der Waals surface area contributed by atoms with Crippen LogP contribution in [-0.4, -0.2) is 51.7 Å². The van der Waals surface area contributed by atoms with Crippen LogP contribution in [0.2, 0.25) is 0 Å². The summed E-state index contributed by atoms with van der Waals surface area (Å²) in [5.74, 6) is -0.564. The Balaban J connectivity index is 1.63. The lowest BCUT2D eigenvalue weighted by atomic mass is 10.2. The number of halogens is 5. The highest BCUT2D eigenvalue weighted by atomic mass is 79.9. The summed E-state index contributed by atoms with van der Waals surface area (Å²) < 4.78 is 53.5. The van der Waals surface area contributed by atoms with Crippen LogP contribution in [0.1, 0.15) is 29.9 Å². The van der Waals surface area contributed by atoms with Gasteiger partial charge >= 0.3 is 6.18 Å². The topological polar surface area (TPSA) is 41.4 Å². The minimum absolute atomic E-state index is 0.149. The van der Waals surface area contributed by atoms with Gasteiger partial charge in [-0.1, -0.05) is 12.1 Å². The average Bonchev–Trinajstić information content (AvgIpc) is 2.96. The van der Waals surface area contributed by atoms with Gasteiger partial charge in [0.25, 0.3) is 0 Å². The van der Waals surface area contributed by atoms with Crippen LogP contribution in [0.4, 0.5) is 17.6 Å². The van der Waals surface area contributed by atoms with Gasteiger partial charge in [0.2, 0.25) is 5.91 Å². The predicted molar refractivity (Wildman–Crippen MR) is 103 cm³/mol. The maximum atomic E-state index is 13.3. The Morgan fingerprint density at radius 1 is 1.24 bits per heavy atom. The molecule has 1 amide bonds. The minimum atomic E-state index is -4.60. The largest absolute Gasteiger partial charge is 0.436 e. The second-order valence-corrected chi connectivity index (χ2v) is 7.89. The van der Waals surface area contributed by atoms with Crippen LogP contribution in [0.25, 0.3) is 0 Å². The molecular formula is C19H21BrF4N4O. The fourth-order valence-electron chi connectivity index (χ4n) is 3.45. The van der Waals surface area contributed by atoms with Crippen LogP contribution in [0.15, 0.2) is 28.7 Å². The van der Waals surface area contributed by atoms with Gasteiger partial charge in [-0.15, -0.1) is 0 Å². The van der Waals surface area contributed by atoms with E-state index in [9.17, 15) is 22.4 Å². The molecule has 10 heteroatoms. The van der Waals surface area contributed by atoms with Crippen molar-refractivity contribution in [3.63, 3.8) is 0 Å². The first-order valence-electron chi connectivity index (χ1n) is 9.15. The third kappa shape index (κ3) is 4.80. The van der Waals surface area contributed by atoms with Crippen LogP contribution in [0.5, 0.6) is 0 Å². The Kier molecular flexibility index (Phi) is 6.33. The highest BCUT2D eigenvalue weighted by molar-refractivity contribution is 9.10. The third-order valence-corrected chi connectivity index (χ3v) is 6.00. The van der Waals surface area contributed by atoms with Crippen LogP contribution >= 0.6 is 15.9 Å². The molecule has 1 aliphatic heterocycles. The van der Waals surface area contributed by atoms with Crippen molar-refractivity contribution in [1.82, 2.24) is 19.6 Å². The fraction of sp³-hybridized carbons (Fsp3) is 0.474. The lowest BCUT2D eigenvalue weighted by Crippen LogP contribution is -2.50. The highest BCUT2D eigenvalue weighted by Gasteiger charge is 2.39. The molecule has 0 spiro atoms. The van der Waals surface area contributed by atoms with E-state index in [1.807, 2.05) is 6.07 Å². The van der Waals surface area contributed by atoms with Crippen LogP contribution in [0.3, 0.4) is 0 Å². The van der Waals surface area contributed by atoms with E-state index in [1.165, 1.54) is 19.1 Å². The van der Waals surface area contributed by atoms with Crippen molar-refractivity contribution in [1.29, 1.82) is 0 Å². The molecule has 1 fully saturated rings. The second kappa shape index (κ2) is 8.43. The first-order chi connectivity index (χ1) is 13.6. The molecule has 2 aromatic rings. The monoisotopic (exact) mass is 476 g/mol. The smallest absolute Gasteiger partial charge is 0.338 e. The zero-order valence-electron chi connectivity index (χ0n) is 16.0. The van der Waals surface area contributed by atoms with Crippen molar-refractivity contribution in [3.05, 3.63) is 51.5 Å². The van der Waals surface area contributed by atoms with E-state index in [0.29, 0.717) is 32.7 Å². The van der Waals surface area contributed by atoms with E-state index in [4.69, 9.17) is 0 Å². The van der Waals surface area contributed by atoms with Gasteiger partial charge < -0.3 is 4.90 Å². The molecule has 1 aromatic heterocycles. The minimum Gasteiger partial charge on any atom is -0.338 e. The van der Waals surface area contributed by atoms with E-state index >= 15 is 0 Å². The van der Waals surface area contributed by atoms with E-state index < -0.39 is 17.9 Å². The summed E-state index contributed by atoms with van der Waals surface area (Å²) in [6, 6.07) is 5.53. The van der Waals surface area contributed by atoms with Gasteiger partial charge in [0.05, 0.1) is 10.2 Å². The molecule has 0 bridgehead atoms. The number of aromatic nitrogens is 2. The van der Waals surface area contributed by atoms with Gasteiger partial charge in [-0.25, -0.2) is 4.39 Å². The van der Waals surface area contributed by atoms with Crippen LogP contribution in [-0.2, 0) is 17.5 Å². The molecule has 1 aliphatic rings. The molecule has 2 heterocycles. The molecule has 0 saturated carbocycles. The second-order valence-electron chi connectivity index (χ2n) is 7.10. The Hall–Kier alpha value is -1.94. The predicted octanol–water partition coefficient (Wildman–Crippen LogP) is 4.02. The highest BCUT2D eigenvalue weighted by Crippen LogP contribution is 2.36. The van der Waals surface area contributed by atoms with Crippen LogP contribution < -0.4 is 0 Å². The molecule has 0 radical (unpaired) electrons. The molecule has 1 aromatic carbocycles. The van der Waals surface area contributed by atoms with Gasteiger partial charge in [0.1, 0.15) is 11.9 Å². The Bertz CT molecular complexity index is 891. The summed E-state index contributed by atoms with van der Waals surface area (Å²) in [7, 11) is 0. The van der Waals surface area contributed by atoms with Gasteiger partial charge in [-0.2, -0.15) is 18.3 Å². The zero-order valence-corrected chi connectivity index (χ0v) is 17.6. The fourth-order valence-corrected chi connectivity index (χ4v) is 3.93. The summed E-state index contributed by atoms with van der Waals surface area (Å²) >= 11 is 2.93. The molecule has 0 aliphatic carbocycles. The van der Waals surface area contributed by atoms with E-state index in [0.717, 1.165) is 10.2 Å².